The van der Waals surface area contributed by atoms with E-state index < -0.39 is 29.5 Å². The fourth-order valence-electron chi connectivity index (χ4n) is 2.67. The minimum Gasteiger partial charge on any atom is -0.463 e. The number of benzene rings is 1. The molecule has 0 bridgehead atoms. The predicted octanol–water partition coefficient (Wildman–Crippen LogP) is 3.57. The van der Waals surface area contributed by atoms with Gasteiger partial charge in [0.15, 0.2) is 0 Å². The van der Waals surface area contributed by atoms with Gasteiger partial charge in [-0.1, -0.05) is 18.2 Å². The van der Waals surface area contributed by atoms with Crippen molar-refractivity contribution in [3.8, 4) is 6.07 Å². The molecule has 0 spiro atoms. The lowest BCUT2D eigenvalue weighted by molar-refractivity contribution is -0.140. The van der Waals surface area contributed by atoms with Gasteiger partial charge in [0.1, 0.15) is 17.4 Å². The maximum absolute atomic E-state index is 13.5. The molecule has 1 aromatic rings. The number of allylic oxidation sites excluding steroid dienone is 2. The Bertz CT molecular complexity index is 825. The van der Waals surface area contributed by atoms with E-state index in [0.717, 1.165) is 6.07 Å². The Morgan fingerprint density at radius 2 is 2.08 bits per heavy atom. The molecule has 2 rings (SSSR count). The van der Waals surface area contributed by atoms with Crippen molar-refractivity contribution in [3.05, 3.63) is 58.2 Å². The summed E-state index contributed by atoms with van der Waals surface area (Å²) in [4.78, 5) is 12.4. The topological polar surface area (TPSA) is 85.3 Å². The number of rotatable bonds is 4. The van der Waals surface area contributed by atoms with Crippen molar-refractivity contribution in [2.24, 2.45) is 5.73 Å². The Hall–Kier alpha value is -2.66. The van der Waals surface area contributed by atoms with E-state index in [1.807, 2.05) is 0 Å². The van der Waals surface area contributed by atoms with Crippen LogP contribution in [0.25, 0.3) is 0 Å². The number of halogens is 4. The van der Waals surface area contributed by atoms with Gasteiger partial charge in [0, 0.05) is 0 Å². The molecule has 0 radical (unpaired) electrons. The van der Waals surface area contributed by atoms with Gasteiger partial charge in [-0.05, 0) is 18.6 Å². The molecule has 0 saturated carbocycles. The first-order valence-corrected chi connectivity index (χ1v) is 7.99. The van der Waals surface area contributed by atoms with Gasteiger partial charge in [0.25, 0.3) is 0 Å². The van der Waals surface area contributed by atoms with Crippen LogP contribution in [0.1, 0.15) is 24.0 Å². The molecule has 1 heterocycles. The highest BCUT2D eigenvalue weighted by Crippen LogP contribution is 2.44. The van der Waals surface area contributed by atoms with Gasteiger partial charge in [0.2, 0.25) is 5.88 Å². The molecule has 26 heavy (non-hydrogen) atoms. The van der Waals surface area contributed by atoms with Crippen LogP contribution in [-0.4, -0.2) is 18.5 Å². The Balaban J connectivity index is 2.79. The summed E-state index contributed by atoms with van der Waals surface area (Å²) < 4.78 is 50.5. The van der Waals surface area contributed by atoms with Crippen LogP contribution in [-0.2, 0) is 20.4 Å². The molecular weight excluding hydrogens is 373 g/mol. The molecule has 1 aliphatic heterocycles. The van der Waals surface area contributed by atoms with Gasteiger partial charge in [-0.2, -0.15) is 18.4 Å². The molecular formula is C17H14ClF3N2O3. The average molecular weight is 387 g/mol. The summed E-state index contributed by atoms with van der Waals surface area (Å²) in [6.07, 6.45) is -4.70. The summed E-state index contributed by atoms with van der Waals surface area (Å²) in [7, 11) is 0. The van der Waals surface area contributed by atoms with Crippen LogP contribution in [0.4, 0.5) is 13.2 Å². The zero-order valence-corrected chi connectivity index (χ0v) is 14.3. The number of alkyl halides is 4. The third-order valence-electron chi connectivity index (χ3n) is 3.69. The number of carbonyl (C=O) groups is 1. The number of nitrogens with zero attached hydrogens (tertiary/aromatic N) is 1. The van der Waals surface area contributed by atoms with Crippen molar-refractivity contribution in [3.63, 3.8) is 0 Å². The molecule has 0 amide bonds. The second-order valence-corrected chi connectivity index (χ2v) is 5.47. The minimum absolute atomic E-state index is 0.0212. The molecule has 0 aliphatic carbocycles. The van der Waals surface area contributed by atoms with E-state index in [9.17, 15) is 23.2 Å². The van der Waals surface area contributed by atoms with Gasteiger partial charge in [-0.3, -0.25) is 0 Å². The van der Waals surface area contributed by atoms with E-state index in [1.54, 1.807) is 6.07 Å². The normalized spacial score (nSPS) is 17.6. The zero-order chi connectivity index (χ0) is 19.5. The first kappa shape index (κ1) is 19.7. The predicted molar refractivity (Wildman–Crippen MR) is 86.5 cm³/mol. The van der Waals surface area contributed by atoms with Crippen molar-refractivity contribution in [2.45, 2.75) is 19.0 Å². The second-order valence-electron chi connectivity index (χ2n) is 5.20. The first-order chi connectivity index (χ1) is 12.3. The highest BCUT2D eigenvalue weighted by molar-refractivity contribution is 6.19. The quantitative estimate of drug-likeness (QED) is 0.631. The van der Waals surface area contributed by atoms with Crippen LogP contribution in [0.15, 0.2) is 47.1 Å². The smallest absolute Gasteiger partial charge is 0.416 e. The van der Waals surface area contributed by atoms with Crippen LogP contribution in [0.2, 0.25) is 0 Å². The third kappa shape index (κ3) is 3.63. The molecule has 2 N–H and O–H groups in total. The lowest BCUT2D eigenvalue weighted by Gasteiger charge is -2.29. The van der Waals surface area contributed by atoms with Crippen LogP contribution in [0.3, 0.4) is 0 Å². The van der Waals surface area contributed by atoms with Crippen molar-refractivity contribution < 1.29 is 27.4 Å². The average Bonchev–Trinajstić information content (AvgIpc) is 2.60. The van der Waals surface area contributed by atoms with Gasteiger partial charge >= 0.3 is 12.1 Å². The maximum atomic E-state index is 13.5. The number of hydrogen-bond donors (Lipinski definition) is 1. The van der Waals surface area contributed by atoms with Gasteiger partial charge in [0.05, 0.1) is 29.5 Å². The molecule has 0 fully saturated rings. The van der Waals surface area contributed by atoms with Gasteiger partial charge in [-0.15, -0.1) is 11.6 Å². The van der Waals surface area contributed by atoms with Crippen molar-refractivity contribution in [1.82, 2.24) is 0 Å². The minimum atomic E-state index is -4.70. The lowest BCUT2D eigenvalue weighted by atomic mass is 9.81. The largest absolute Gasteiger partial charge is 0.463 e. The Labute approximate surface area is 152 Å². The SMILES string of the molecule is CCOC(=O)C1=C(CCl)OC(N)=C(C#N)[C@@H]1c1ccccc1C(F)(F)F. The molecule has 5 nitrogen and oxygen atoms in total. The standard InChI is InChI=1S/C17H14ClF3N2O3/c1-2-25-16(24)14-12(7-18)26-15(23)10(8-22)13(14)9-5-3-4-6-11(9)17(19,20)21/h3-6,13H,2,7,23H2,1H3/t13-/m0/s1. The van der Waals surface area contributed by atoms with Crippen LogP contribution in [0.5, 0.6) is 0 Å². The summed E-state index contributed by atoms with van der Waals surface area (Å²) in [5.41, 5.74) is 3.78. The van der Waals surface area contributed by atoms with Gasteiger partial charge in [-0.25, -0.2) is 4.79 Å². The fraction of sp³-hybridized carbons (Fsp3) is 0.294. The van der Waals surface area contributed by atoms with E-state index in [0.29, 0.717) is 0 Å². The molecule has 1 atom stereocenters. The van der Waals surface area contributed by atoms with Crippen molar-refractivity contribution >= 4 is 17.6 Å². The summed E-state index contributed by atoms with van der Waals surface area (Å²) in [6.45, 7) is 1.52. The van der Waals surface area contributed by atoms with E-state index in [-0.39, 0.29) is 35.0 Å². The Morgan fingerprint density at radius 3 is 2.62 bits per heavy atom. The zero-order valence-electron chi connectivity index (χ0n) is 13.6. The second kappa shape index (κ2) is 7.70. The molecule has 1 aromatic carbocycles. The van der Waals surface area contributed by atoms with E-state index in [1.165, 1.54) is 25.1 Å². The first-order valence-electron chi connectivity index (χ1n) is 7.46. The molecule has 0 saturated heterocycles. The van der Waals surface area contributed by atoms with Crippen LogP contribution >= 0.6 is 11.6 Å². The summed E-state index contributed by atoms with van der Waals surface area (Å²) in [5, 5.41) is 9.42. The van der Waals surface area contributed by atoms with Crippen molar-refractivity contribution in [1.29, 1.82) is 5.26 Å². The number of esters is 1. The van der Waals surface area contributed by atoms with E-state index in [4.69, 9.17) is 26.8 Å². The van der Waals surface area contributed by atoms with Crippen LogP contribution < -0.4 is 5.73 Å². The highest BCUT2D eigenvalue weighted by Gasteiger charge is 2.42. The monoisotopic (exact) mass is 386 g/mol. The summed E-state index contributed by atoms with van der Waals surface area (Å²) >= 11 is 5.78. The summed E-state index contributed by atoms with van der Waals surface area (Å²) in [6, 6.07) is 6.34. The van der Waals surface area contributed by atoms with Crippen LogP contribution in [0, 0.1) is 11.3 Å². The Morgan fingerprint density at radius 1 is 1.42 bits per heavy atom. The van der Waals surface area contributed by atoms with E-state index >= 15 is 0 Å². The molecule has 0 aromatic heterocycles. The maximum Gasteiger partial charge on any atom is 0.416 e. The number of ether oxygens (including phenoxy) is 2. The molecule has 0 unspecified atom stereocenters. The molecule has 1 aliphatic rings. The lowest BCUT2D eigenvalue weighted by Crippen LogP contribution is -2.28. The van der Waals surface area contributed by atoms with Gasteiger partial charge < -0.3 is 15.2 Å². The third-order valence-corrected chi connectivity index (χ3v) is 3.93. The van der Waals surface area contributed by atoms with Crippen molar-refractivity contribution in [2.75, 3.05) is 12.5 Å². The Kier molecular flexibility index (Phi) is 5.83. The number of nitrogens with two attached hydrogens (primary N) is 1. The summed E-state index contributed by atoms with van der Waals surface area (Å²) in [5.74, 6) is -3.22. The fourth-order valence-corrected chi connectivity index (χ4v) is 2.87. The molecule has 9 heteroatoms. The van der Waals surface area contributed by atoms with E-state index in [2.05, 4.69) is 0 Å². The number of nitriles is 1. The highest BCUT2D eigenvalue weighted by atomic mass is 35.5. The number of carbonyl (C=O) groups excluding carboxylic acids is 1. The number of hydrogen-bond acceptors (Lipinski definition) is 5. The molecule has 138 valence electrons.